The summed E-state index contributed by atoms with van der Waals surface area (Å²) in [6, 6.07) is 10.9. The Morgan fingerprint density at radius 3 is 2.58 bits per heavy atom. The molecule has 1 saturated heterocycles. The van der Waals surface area contributed by atoms with Crippen molar-refractivity contribution in [3.05, 3.63) is 48.2 Å². The minimum atomic E-state index is -0.469. The van der Waals surface area contributed by atoms with E-state index in [1.807, 2.05) is 31.2 Å². The number of carbonyl (C=O) groups excluding carboxylic acids is 1. The number of aliphatic hydroxyl groups is 1. The monoisotopic (exact) mass is 355 g/mol. The maximum atomic E-state index is 12.0. The van der Waals surface area contributed by atoms with Gasteiger partial charge in [-0.3, -0.25) is 4.79 Å². The largest absolute Gasteiger partial charge is 0.484 e. The maximum absolute atomic E-state index is 12.0. The number of nitrogens with one attached hydrogen (secondary N) is 1. The van der Waals surface area contributed by atoms with Gasteiger partial charge in [0.25, 0.3) is 5.91 Å². The zero-order valence-electron chi connectivity index (χ0n) is 15.0. The molecule has 2 aromatic rings. The third-order valence-electron chi connectivity index (χ3n) is 4.48. The fraction of sp³-hybridized carbons (Fsp3) is 0.400. The van der Waals surface area contributed by atoms with Gasteiger partial charge in [-0.15, -0.1) is 0 Å². The zero-order valence-corrected chi connectivity index (χ0v) is 15.0. The zero-order chi connectivity index (χ0) is 18.4. The van der Waals surface area contributed by atoms with Gasteiger partial charge in [0.15, 0.2) is 6.61 Å². The van der Waals surface area contributed by atoms with E-state index in [0.717, 1.165) is 24.5 Å². The second-order valence-corrected chi connectivity index (χ2v) is 6.43. The van der Waals surface area contributed by atoms with E-state index in [4.69, 9.17) is 4.74 Å². The number of amides is 1. The summed E-state index contributed by atoms with van der Waals surface area (Å²) in [5.74, 6) is 1.30. The van der Waals surface area contributed by atoms with Crippen molar-refractivity contribution in [2.45, 2.75) is 32.3 Å². The Bertz CT molecular complexity index is 710. The van der Waals surface area contributed by atoms with Crippen molar-refractivity contribution in [3.8, 4) is 5.75 Å². The summed E-state index contributed by atoms with van der Waals surface area (Å²) in [7, 11) is 0. The number of rotatable bonds is 7. The Morgan fingerprint density at radius 2 is 1.96 bits per heavy atom. The Balaban J connectivity index is 1.47. The fourth-order valence-corrected chi connectivity index (χ4v) is 2.96. The Morgan fingerprint density at radius 1 is 1.23 bits per heavy atom. The summed E-state index contributed by atoms with van der Waals surface area (Å²) in [5, 5.41) is 12.6. The van der Waals surface area contributed by atoms with Gasteiger partial charge in [0.2, 0.25) is 0 Å². The van der Waals surface area contributed by atoms with E-state index >= 15 is 0 Å². The van der Waals surface area contributed by atoms with E-state index in [2.05, 4.69) is 15.2 Å². The Kier molecular flexibility index (Phi) is 6.07. The molecule has 2 heterocycles. The van der Waals surface area contributed by atoms with Gasteiger partial charge in [0.1, 0.15) is 11.6 Å². The van der Waals surface area contributed by atoms with E-state index in [0.29, 0.717) is 17.9 Å². The molecular formula is C20H25N3O3. The predicted octanol–water partition coefficient (Wildman–Crippen LogP) is 3.14. The molecule has 2 N–H and O–H groups in total. The van der Waals surface area contributed by atoms with Crippen LogP contribution in [0.4, 0.5) is 11.5 Å². The molecule has 0 unspecified atom stereocenters. The van der Waals surface area contributed by atoms with Gasteiger partial charge in [-0.05, 0) is 49.1 Å². The van der Waals surface area contributed by atoms with Crippen LogP contribution >= 0.6 is 0 Å². The van der Waals surface area contributed by atoms with E-state index < -0.39 is 6.10 Å². The lowest BCUT2D eigenvalue weighted by Crippen LogP contribution is -2.21. The molecule has 6 nitrogen and oxygen atoms in total. The number of hydrogen-bond acceptors (Lipinski definition) is 5. The van der Waals surface area contributed by atoms with Crippen LogP contribution in [0.2, 0.25) is 0 Å². The predicted molar refractivity (Wildman–Crippen MR) is 102 cm³/mol. The van der Waals surface area contributed by atoms with Crippen LogP contribution in [0.25, 0.3) is 0 Å². The topological polar surface area (TPSA) is 74.7 Å². The quantitative estimate of drug-likeness (QED) is 0.798. The summed E-state index contributed by atoms with van der Waals surface area (Å²) in [4.78, 5) is 18.7. The molecule has 0 bridgehead atoms. The molecule has 1 aliphatic rings. The molecule has 1 aromatic heterocycles. The van der Waals surface area contributed by atoms with E-state index in [9.17, 15) is 9.90 Å². The first-order valence-electron chi connectivity index (χ1n) is 9.07. The van der Waals surface area contributed by atoms with Crippen molar-refractivity contribution in [3.63, 3.8) is 0 Å². The van der Waals surface area contributed by atoms with Crippen LogP contribution in [-0.2, 0) is 4.79 Å². The lowest BCUT2D eigenvalue weighted by molar-refractivity contribution is -0.118. The van der Waals surface area contributed by atoms with E-state index in [1.165, 1.54) is 12.8 Å². The highest BCUT2D eigenvalue weighted by molar-refractivity contribution is 5.91. The minimum Gasteiger partial charge on any atom is -0.484 e. The SMILES string of the molecule is CC[C@@H](O)c1ccc(OCC(=O)Nc2ccc(N3CCCC3)nc2)cc1. The average molecular weight is 355 g/mol. The lowest BCUT2D eigenvalue weighted by Gasteiger charge is -2.16. The molecule has 0 saturated carbocycles. The number of pyridine rings is 1. The first-order valence-corrected chi connectivity index (χ1v) is 9.07. The summed E-state index contributed by atoms with van der Waals surface area (Å²) in [6.45, 7) is 3.93. The van der Waals surface area contributed by atoms with Gasteiger partial charge in [-0.2, -0.15) is 0 Å². The number of nitrogens with zero attached hydrogens (tertiary/aromatic N) is 2. The standard InChI is InChI=1S/C20H25N3O3/c1-2-18(24)15-5-8-17(9-6-15)26-14-20(25)22-16-7-10-19(21-13-16)23-11-3-4-12-23/h5-10,13,18,24H,2-4,11-12,14H2,1H3,(H,22,25)/t18-/m1/s1. The van der Waals surface area contributed by atoms with Crippen molar-refractivity contribution in [2.75, 3.05) is 29.9 Å². The second-order valence-electron chi connectivity index (χ2n) is 6.43. The first kappa shape index (κ1) is 18.2. The molecule has 1 aromatic carbocycles. The van der Waals surface area contributed by atoms with Crippen molar-refractivity contribution in [2.24, 2.45) is 0 Å². The summed E-state index contributed by atoms with van der Waals surface area (Å²) in [5.41, 5.74) is 1.50. The number of benzene rings is 1. The molecular weight excluding hydrogens is 330 g/mol. The number of anilines is 2. The van der Waals surface area contributed by atoms with Crippen LogP contribution in [0.3, 0.4) is 0 Å². The molecule has 138 valence electrons. The third-order valence-corrected chi connectivity index (χ3v) is 4.48. The van der Waals surface area contributed by atoms with Crippen LogP contribution in [0.5, 0.6) is 5.75 Å². The third kappa shape index (κ3) is 4.73. The summed E-state index contributed by atoms with van der Waals surface area (Å²) in [6.07, 6.45) is 4.27. The molecule has 1 fully saturated rings. The number of hydrogen-bond donors (Lipinski definition) is 2. The summed E-state index contributed by atoms with van der Waals surface area (Å²) < 4.78 is 5.49. The van der Waals surface area contributed by atoms with Gasteiger partial charge in [0, 0.05) is 13.1 Å². The van der Waals surface area contributed by atoms with Gasteiger partial charge in [-0.25, -0.2) is 4.98 Å². The Labute approximate surface area is 153 Å². The molecule has 26 heavy (non-hydrogen) atoms. The highest BCUT2D eigenvalue weighted by atomic mass is 16.5. The van der Waals surface area contributed by atoms with E-state index in [1.54, 1.807) is 18.3 Å². The molecule has 0 spiro atoms. The van der Waals surface area contributed by atoms with Gasteiger partial charge in [-0.1, -0.05) is 19.1 Å². The van der Waals surface area contributed by atoms with E-state index in [-0.39, 0.29) is 12.5 Å². The van der Waals surface area contributed by atoms with Crippen molar-refractivity contribution in [1.82, 2.24) is 4.98 Å². The molecule has 6 heteroatoms. The van der Waals surface area contributed by atoms with Crippen molar-refractivity contribution >= 4 is 17.4 Å². The molecule has 3 rings (SSSR count). The molecule has 1 amide bonds. The summed E-state index contributed by atoms with van der Waals surface area (Å²) >= 11 is 0. The van der Waals surface area contributed by atoms with Crippen molar-refractivity contribution in [1.29, 1.82) is 0 Å². The van der Waals surface area contributed by atoms with Crippen LogP contribution in [0, 0.1) is 0 Å². The van der Waals surface area contributed by atoms with Crippen LogP contribution in [0.1, 0.15) is 37.9 Å². The minimum absolute atomic E-state index is 0.0798. The smallest absolute Gasteiger partial charge is 0.262 e. The maximum Gasteiger partial charge on any atom is 0.262 e. The van der Waals surface area contributed by atoms with Crippen LogP contribution in [-0.4, -0.2) is 35.7 Å². The van der Waals surface area contributed by atoms with Gasteiger partial charge < -0.3 is 20.1 Å². The van der Waals surface area contributed by atoms with Crippen LogP contribution in [0.15, 0.2) is 42.6 Å². The number of carbonyl (C=O) groups is 1. The first-order chi connectivity index (χ1) is 12.7. The number of aromatic nitrogens is 1. The average Bonchev–Trinajstić information content (AvgIpc) is 3.21. The Hall–Kier alpha value is -2.60. The highest BCUT2D eigenvalue weighted by Gasteiger charge is 2.13. The molecule has 0 radical (unpaired) electrons. The highest BCUT2D eigenvalue weighted by Crippen LogP contribution is 2.20. The molecule has 1 atom stereocenters. The molecule has 0 aliphatic carbocycles. The number of ether oxygens (including phenoxy) is 1. The van der Waals surface area contributed by atoms with Crippen molar-refractivity contribution < 1.29 is 14.6 Å². The van der Waals surface area contributed by atoms with Gasteiger partial charge in [0.05, 0.1) is 18.0 Å². The lowest BCUT2D eigenvalue weighted by atomic mass is 10.1. The van der Waals surface area contributed by atoms with Gasteiger partial charge >= 0.3 is 0 Å². The number of aliphatic hydroxyl groups excluding tert-OH is 1. The normalized spacial score (nSPS) is 14.9. The second kappa shape index (κ2) is 8.67. The fourth-order valence-electron chi connectivity index (χ4n) is 2.96. The van der Waals surface area contributed by atoms with Crippen LogP contribution < -0.4 is 15.0 Å². The molecule has 1 aliphatic heterocycles.